The first-order valence-corrected chi connectivity index (χ1v) is 14.5. The van der Waals surface area contributed by atoms with E-state index >= 15 is 0 Å². The van der Waals surface area contributed by atoms with Crippen LogP contribution < -0.4 is 5.32 Å². The first-order valence-electron chi connectivity index (χ1n) is 14.5. The number of halogens is 3. The van der Waals surface area contributed by atoms with Crippen LogP contribution in [0.1, 0.15) is 83.6 Å². The third kappa shape index (κ3) is 6.18. The van der Waals surface area contributed by atoms with Gasteiger partial charge in [-0.05, 0) is 58.4 Å². The van der Waals surface area contributed by atoms with Gasteiger partial charge in [-0.15, -0.1) is 0 Å². The van der Waals surface area contributed by atoms with Gasteiger partial charge < -0.3 is 14.6 Å². The molecular formula is C29H38F3N9O2. The van der Waals surface area contributed by atoms with Crippen LogP contribution in [0.2, 0.25) is 0 Å². The second-order valence-electron chi connectivity index (χ2n) is 10.9. The van der Waals surface area contributed by atoms with Crippen LogP contribution in [0.15, 0.2) is 18.7 Å². The second kappa shape index (κ2) is 12.3. The number of aryl methyl sites for hydroxylation is 2. The van der Waals surface area contributed by atoms with E-state index in [0.717, 1.165) is 29.7 Å². The van der Waals surface area contributed by atoms with Gasteiger partial charge in [0.1, 0.15) is 18.0 Å². The van der Waals surface area contributed by atoms with Crippen molar-refractivity contribution < 1.29 is 22.7 Å². The largest absolute Gasteiger partial charge is 0.435 e. The maximum Gasteiger partial charge on any atom is 0.435 e. The summed E-state index contributed by atoms with van der Waals surface area (Å²) in [5, 5.41) is 7.90. The Morgan fingerprint density at radius 3 is 2.42 bits per heavy atom. The molecule has 11 nitrogen and oxygen atoms in total. The molecule has 43 heavy (non-hydrogen) atoms. The first kappa shape index (κ1) is 31.8. The number of carbonyl (C=O) groups excluding carboxylic acids is 1. The van der Waals surface area contributed by atoms with E-state index in [1.165, 1.54) is 6.33 Å². The maximum atomic E-state index is 13.4. The van der Waals surface area contributed by atoms with Gasteiger partial charge in [0, 0.05) is 25.0 Å². The van der Waals surface area contributed by atoms with Crippen molar-refractivity contribution in [3.63, 3.8) is 0 Å². The summed E-state index contributed by atoms with van der Waals surface area (Å²) in [4.78, 5) is 35.2. The second-order valence-corrected chi connectivity index (χ2v) is 10.9. The fourth-order valence-electron chi connectivity index (χ4n) is 4.96. The third-order valence-electron chi connectivity index (χ3n) is 7.27. The number of hydrogen-bond donors (Lipinski definition) is 1. The number of anilines is 1. The molecule has 232 valence electrons. The van der Waals surface area contributed by atoms with Crippen molar-refractivity contribution in [2.24, 2.45) is 0 Å². The summed E-state index contributed by atoms with van der Waals surface area (Å²) >= 11 is 0. The Balaban J connectivity index is 0.00000207. The van der Waals surface area contributed by atoms with Gasteiger partial charge >= 0.3 is 12.3 Å². The average Bonchev–Trinajstić information content (AvgIpc) is 3.53. The van der Waals surface area contributed by atoms with Crippen molar-refractivity contribution in [2.75, 3.05) is 5.32 Å². The highest BCUT2D eigenvalue weighted by molar-refractivity contribution is 5.86. The Morgan fingerprint density at radius 2 is 1.81 bits per heavy atom. The standard InChI is InChI=1S/C27H32F3N9O2.C2H6/c1-7-38-23(16-11-31-15(4)32-12-16)36-21-22(33-13-34-24(21)38)35-17-8-9-19-18(10-17)20(14(2)3)37-39(19)25(40)41-26(5,6)27(28,29)30;1-2/h11-14,17H,7-10H2,1-6H3,(H,33,34,35);1-2H3. The molecule has 1 N–H and O–H groups in total. The molecule has 1 unspecified atom stereocenters. The number of ether oxygens (including phenoxy) is 1. The third-order valence-corrected chi connectivity index (χ3v) is 7.27. The first-order chi connectivity index (χ1) is 20.3. The Hall–Kier alpha value is -4.10. The Labute approximate surface area is 248 Å². The predicted molar refractivity (Wildman–Crippen MR) is 156 cm³/mol. The zero-order valence-corrected chi connectivity index (χ0v) is 25.7. The Morgan fingerprint density at radius 1 is 1.14 bits per heavy atom. The molecular weight excluding hydrogens is 563 g/mol. The molecule has 4 heterocycles. The number of nitrogens with zero attached hydrogens (tertiary/aromatic N) is 8. The molecule has 0 bridgehead atoms. The van der Waals surface area contributed by atoms with Crippen LogP contribution in [0.25, 0.3) is 22.6 Å². The van der Waals surface area contributed by atoms with Gasteiger partial charge in [-0.2, -0.15) is 23.0 Å². The van der Waals surface area contributed by atoms with Gasteiger partial charge in [-0.25, -0.2) is 29.7 Å². The molecule has 1 atom stereocenters. The summed E-state index contributed by atoms with van der Waals surface area (Å²) in [5.41, 5.74) is 1.43. The number of fused-ring (bicyclic) bond motifs is 2. The molecule has 1 aliphatic carbocycles. The number of imidazole rings is 1. The lowest BCUT2D eigenvalue weighted by Gasteiger charge is -2.28. The van der Waals surface area contributed by atoms with E-state index in [-0.39, 0.29) is 12.0 Å². The minimum Gasteiger partial charge on any atom is -0.432 e. The van der Waals surface area contributed by atoms with Crippen LogP contribution in [0.5, 0.6) is 0 Å². The predicted octanol–water partition coefficient (Wildman–Crippen LogP) is 6.25. The van der Waals surface area contributed by atoms with Crippen molar-refractivity contribution in [1.82, 2.24) is 39.3 Å². The van der Waals surface area contributed by atoms with Gasteiger partial charge in [0.2, 0.25) is 5.60 Å². The maximum absolute atomic E-state index is 13.4. The zero-order chi connectivity index (χ0) is 31.7. The van der Waals surface area contributed by atoms with Gasteiger partial charge in [-0.3, -0.25) is 0 Å². The van der Waals surface area contributed by atoms with Gasteiger partial charge in [0.25, 0.3) is 0 Å². The van der Waals surface area contributed by atoms with Gasteiger partial charge in [-0.1, -0.05) is 27.7 Å². The molecule has 5 rings (SSSR count). The van der Waals surface area contributed by atoms with E-state index < -0.39 is 17.9 Å². The van der Waals surface area contributed by atoms with Crippen molar-refractivity contribution in [3.05, 3.63) is 41.5 Å². The summed E-state index contributed by atoms with van der Waals surface area (Å²) in [5.74, 6) is 1.85. The van der Waals surface area contributed by atoms with Crippen LogP contribution in [-0.4, -0.2) is 63.2 Å². The summed E-state index contributed by atoms with van der Waals surface area (Å²) in [7, 11) is 0. The monoisotopic (exact) mass is 601 g/mol. The van der Waals surface area contributed by atoms with E-state index in [1.54, 1.807) is 12.4 Å². The Bertz CT molecular complexity index is 1590. The number of carbonyl (C=O) groups is 1. The van der Waals surface area contributed by atoms with Gasteiger partial charge in [0.15, 0.2) is 17.0 Å². The highest BCUT2D eigenvalue weighted by atomic mass is 19.4. The smallest absolute Gasteiger partial charge is 0.432 e. The van der Waals surface area contributed by atoms with Crippen molar-refractivity contribution in [1.29, 1.82) is 0 Å². The highest BCUT2D eigenvalue weighted by Crippen LogP contribution is 2.35. The highest BCUT2D eigenvalue weighted by Gasteiger charge is 2.51. The van der Waals surface area contributed by atoms with E-state index in [0.29, 0.717) is 65.8 Å². The van der Waals surface area contributed by atoms with E-state index in [4.69, 9.17) is 9.72 Å². The summed E-state index contributed by atoms with van der Waals surface area (Å²) in [6.45, 7) is 13.9. The fraction of sp³-hybridized carbons (Fsp3) is 0.552. The normalized spacial score (nSPS) is 15.2. The molecule has 1 aliphatic rings. The molecule has 0 spiro atoms. The van der Waals surface area contributed by atoms with Crippen LogP contribution in [0.4, 0.5) is 23.8 Å². The summed E-state index contributed by atoms with van der Waals surface area (Å²) < 4.78 is 48.0. The van der Waals surface area contributed by atoms with E-state index in [1.807, 2.05) is 46.1 Å². The fourth-order valence-corrected chi connectivity index (χ4v) is 4.96. The molecule has 0 saturated carbocycles. The number of nitrogens with one attached hydrogen (secondary N) is 1. The van der Waals surface area contributed by atoms with Crippen molar-refractivity contribution in [2.45, 2.75) is 105 Å². The lowest BCUT2D eigenvalue weighted by molar-refractivity contribution is -0.244. The van der Waals surface area contributed by atoms with Crippen molar-refractivity contribution in [3.8, 4) is 11.4 Å². The van der Waals surface area contributed by atoms with Crippen LogP contribution in [-0.2, 0) is 24.1 Å². The van der Waals surface area contributed by atoms with E-state index in [9.17, 15) is 18.0 Å². The molecule has 0 amide bonds. The number of aromatic nitrogens is 8. The molecule has 4 aromatic heterocycles. The number of hydrogen-bond acceptors (Lipinski definition) is 9. The lowest BCUT2D eigenvalue weighted by Crippen LogP contribution is -2.44. The molecule has 0 fully saturated rings. The number of rotatable bonds is 6. The summed E-state index contributed by atoms with van der Waals surface area (Å²) in [6, 6.07) is -0.0867. The summed E-state index contributed by atoms with van der Waals surface area (Å²) in [6.07, 6.45) is 0.580. The Kier molecular flexibility index (Phi) is 9.07. The molecule has 0 aliphatic heterocycles. The van der Waals surface area contributed by atoms with Crippen molar-refractivity contribution >= 4 is 23.1 Å². The zero-order valence-electron chi connectivity index (χ0n) is 25.7. The SMILES string of the molecule is CC.CCn1c(-c2cnc(C)nc2)nc2c(NC3CCc4c(c(C(C)C)nn4C(=O)OC(C)(C)C(F)(F)F)C3)ncnc21. The van der Waals surface area contributed by atoms with E-state index in [2.05, 4.69) is 30.4 Å². The van der Waals surface area contributed by atoms with Crippen LogP contribution in [0.3, 0.4) is 0 Å². The quantitative estimate of drug-likeness (QED) is 0.273. The molecule has 14 heteroatoms. The van der Waals surface area contributed by atoms with Gasteiger partial charge in [0.05, 0.1) is 17.0 Å². The molecule has 0 aromatic carbocycles. The minimum absolute atomic E-state index is 0.0579. The number of alkyl halides is 3. The average molecular weight is 602 g/mol. The lowest BCUT2D eigenvalue weighted by atomic mass is 9.89. The molecule has 4 aromatic rings. The minimum atomic E-state index is -4.72. The molecule has 0 saturated heterocycles. The topological polar surface area (TPSA) is 126 Å². The van der Waals surface area contributed by atoms with Crippen LogP contribution in [0, 0.1) is 6.92 Å². The van der Waals surface area contributed by atoms with Crippen LogP contribution >= 0.6 is 0 Å². The molecule has 0 radical (unpaired) electrons.